The highest BCUT2D eigenvalue weighted by molar-refractivity contribution is 5.89. The minimum atomic E-state index is -2.23. The highest BCUT2D eigenvalue weighted by Crippen LogP contribution is 2.76. The molecule has 0 radical (unpaired) electrons. The van der Waals surface area contributed by atoms with Crippen LogP contribution >= 0.6 is 0 Å². The lowest BCUT2D eigenvalue weighted by atomic mass is 9.33. The molecule has 49 atom stereocenters. The topological polar surface area (TPSA) is 656 Å². The van der Waals surface area contributed by atoms with Gasteiger partial charge in [0.1, 0.15) is 164 Å². The molecule has 13 aliphatic rings. The maximum atomic E-state index is 16.7. The molecule has 8 saturated heterocycles. The predicted octanol–water partition coefficient (Wildman–Crippen LogP) is -6.22. The second-order valence-corrected chi connectivity index (χ2v) is 40.0. The third kappa shape index (κ3) is 18.6. The Morgan fingerprint density at radius 1 is 0.484 bits per heavy atom. The molecule has 42 heteroatoms. The number of esters is 2. The molecule has 23 N–H and O–H groups in total. The Kier molecular flexibility index (Phi) is 31.3. The van der Waals surface area contributed by atoms with Crippen molar-refractivity contribution in [2.24, 2.45) is 50.2 Å². The molecule has 13 rings (SSSR count). The van der Waals surface area contributed by atoms with Gasteiger partial charge in [-0.25, -0.2) is 4.79 Å². The summed E-state index contributed by atoms with van der Waals surface area (Å²) in [6.45, 7) is 21.6. The van der Waals surface area contributed by atoms with Gasteiger partial charge >= 0.3 is 11.9 Å². The molecule has 42 nitrogen and oxygen atoms in total. The summed E-state index contributed by atoms with van der Waals surface area (Å²) in [7, 11) is 0. The van der Waals surface area contributed by atoms with Crippen LogP contribution in [-0.2, 0) is 90.1 Å². The Morgan fingerprint density at radius 3 is 1.60 bits per heavy atom. The third-order valence-corrected chi connectivity index (χ3v) is 31.4. The number of rotatable bonds is 26. The van der Waals surface area contributed by atoms with Gasteiger partial charge in [0, 0.05) is 11.8 Å². The largest absolute Gasteiger partial charge is 0.458 e. The van der Waals surface area contributed by atoms with Crippen molar-refractivity contribution in [2.45, 2.75) is 405 Å². The SMILES string of the molecule is C=C[C@](C)(CC/C=C(\CO)C(=O)O[C@H]1C[C@]2(C(=O)O[C@@H]3O[C@H](CO)[C@@H](O)[C@H](O)[C@H]3O[C@@H]3O[C@@H](C)[C@H](O[C@@H]4O[C@@H](CO)[C@@H](O)[C@H]4O)[C@@H](O[C@@H]4O[C@H](C)[C@@H](O)[C@H](O)[C@H]4O)[C@H]3O)[C@H](O)C[C@]3(C)C(=CC[C@@H]4[C@@]5(C)CC[C@H](O[C@@H]6O[C@H](CO[C@@H]7O[C@H](C)[C@H](O)[C@H](O)[C@H]7O[C@@H]7OC[C@@H](O)[C@H](O)[C@H]7O)[C@@H](O)[C@H](O)[C@H]6O)C(C)(C)[C@@H]5CC[C@]43C)[C@@H]2CC1(C)C)O[C@@H]1O[C@H](C)[C@@H](O)[C@H](O)[C@H]1O. The van der Waals surface area contributed by atoms with E-state index in [1.807, 2.05) is 27.7 Å². The molecule has 0 aromatic heterocycles. The fourth-order valence-electron chi connectivity index (χ4n) is 23.0. The highest BCUT2D eigenvalue weighted by Gasteiger charge is 2.74. The van der Waals surface area contributed by atoms with Crippen LogP contribution in [0, 0.1) is 50.2 Å². The molecule has 8 heterocycles. The van der Waals surface area contributed by atoms with Crippen molar-refractivity contribution < 1.29 is 208 Å². The van der Waals surface area contributed by atoms with Gasteiger partial charge in [-0.3, -0.25) is 4.79 Å². The summed E-state index contributed by atoms with van der Waals surface area (Å²) in [6.07, 6.45) is -61.7. The van der Waals surface area contributed by atoms with Crippen LogP contribution in [0.15, 0.2) is 36.0 Å². The number of ether oxygens (including phenoxy) is 17. The lowest BCUT2D eigenvalue weighted by Crippen LogP contribution is -2.70. The zero-order valence-electron chi connectivity index (χ0n) is 74.0. The average Bonchev–Trinajstić information content (AvgIpc) is 0.667. The maximum absolute atomic E-state index is 16.7. The zero-order chi connectivity index (χ0) is 94.0. The summed E-state index contributed by atoms with van der Waals surface area (Å²) in [4.78, 5) is 31.6. The molecular formula is C86H138O42. The smallest absolute Gasteiger partial charge is 0.336 e. The predicted molar refractivity (Wildman–Crippen MR) is 428 cm³/mol. The van der Waals surface area contributed by atoms with Gasteiger partial charge in [-0.1, -0.05) is 72.3 Å². The number of aliphatic hydroxyl groups excluding tert-OH is 23. The molecule has 8 aliphatic heterocycles. The van der Waals surface area contributed by atoms with Crippen LogP contribution in [0.3, 0.4) is 0 Å². The minimum Gasteiger partial charge on any atom is -0.458 e. The van der Waals surface area contributed by atoms with E-state index in [9.17, 15) is 122 Å². The number of aliphatic hydroxyl groups is 23. The van der Waals surface area contributed by atoms with E-state index in [1.54, 1.807) is 6.92 Å². The summed E-state index contributed by atoms with van der Waals surface area (Å²) in [5, 5.41) is 257. The Balaban J connectivity index is 0.787. The first-order valence-electron chi connectivity index (χ1n) is 44.6. The quantitative estimate of drug-likeness (QED) is 0.0166. The molecule has 0 bridgehead atoms. The first-order chi connectivity index (χ1) is 59.9. The second kappa shape index (κ2) is 39.3. The fourth-order valence-corrected chi connectivity index (χ4v) is 23.0. The van der Waals surface area contributed by atoms with E-state index < -0.39 is 347 Å². The van der Waals surface area contributed by atoms with Gasteiger partial charge in [0.15, 0.2) is 50.1 Å². The third-order valence-electron chi connectivity index (χ3n) is 31.4. The monoisotopic (exact) mass is 1840 g/mol. The zero-order valence-corrected chi connectivity index (χ0v) is 74.0. The van der Waals surface area contributed by atoms with Crippen LogP contribution in [0.1, 0.15) is 147 Å². The van der Waals surface area contributed by atoms with Crippen LogP contribution in [0.2, 0.25) is 0 Å². The van der Waals surface area contributed by atoms with E-state index in [2.05, 4.69) is 33.4 Å². The van der Waals surface area contributed by atoms with Crippen molar-refractivity contribution in [1.82, 2.24) is 0 Å². The van der Waals surface area contributed by atoms with Crippen molar-refractivity contribution in [1.29, 1.82) is 0 Å². The van der Waals surface area contributed by atoms with Crippen molar-refractivity contribution in [3.8, 4) is 0 Å². The van der Waals surface area contributed by atoms with Gasteiger partial charge in [0.05, 0.1) is 80.8 Å². The molecule has 12 fully saturated rings. The lowest BCUT2D eigenvalue weighted by Gasteiger charge is -2.72. The molecule has 128 heavy (non-hydrogen) atoms. The van der Waals surface area contributed by atoms with E-state index in [0.717, 1.165) is 5.57 Å². The molecule has 0 spiro atoms. The molecule has 0 unspecified atom stereocenters. The normalized spacial score (nSPS) is 51.9. The Bertz CT molecular complexity index is 3830. The van der Waals surface area contributed by atoms with Crippen molar-refractivity contribution in [3.63, 3.8) is 0 Å². The van der Waals surface area contributed by atoms with Gasteiger partial charge in [0.25, 0.3) is 0 Å². The van der Waals surface area contributed by atoms with Crippen LogP contribution in [0.25, 0.3) is 0 Å². The van der Waals surface area contributed by atoms with Crippen LogP contribution in [0.4, 0.5) is 0 Å². The fraction of sp³-hybridized carbons (Fsp3) is 0.907. The van der Waals surface area contributed by atoms with E-state index >= 15 is 4.79 Å². The number of carbonyl (C=O) groups excluding carboxylic acids is 2. The number of fused-ring (bicyclic) bond motifs is 7. The first-order valence-corrected chi connectivity index (χ1v) is 44.6. The lowest BCUT2D eigenvalue weighted by molar-refractivity contribution is -0.389. The summed E-state index contributed by atoms with van der Waals surface area (Å²) >= 11 is 0. The van der Waals surface area contributed by atoms with Gasteiger partial charge in [-0.2, -0.15) is 0 Å². The van der Waals surface area contributed by atoms with E-state index in [0.29, 0.717) is 32.1 Å². The van der Waals surface area contributed by atoms with Gasteiger partial charge in [0.2, 0.25) is 6.29 Å². The Labute approximate surface area is 740 Å². The highest BCUT2D eigenvalue weighted by atomic mass is 16.8. The summed E-state index contributed by atoms with van der Waals surface area (Å²) in [6, 6.07) is 0. The molecule has 0 aromatic rings. The Morgan fingerprint density at radius 2 is 0.977 bits per heavy atom. The second-order valence-electron chi connectivity index (χ2n) is 40.0. The van der Waals surface area contributed by atoms with Crippen LogP contribution in [-0.4, -0.2) is 420 Å². The van der Waals surface area contributed by atoms with Crippen LogP contribution in [0.5, 0.6) is 0 Å². The van der Waals surface area contributed by atoms with Gasteiger partial charge in [-0.15, -0.1) is 6.58 Å². The van der Waals surface area contributed by atoms with Crippen molar-refractivity contribution >= 4 is 11.9 Å². The molecule has 4 saturated carbocycles. The molecule has 734 valence electrons. The maximum Gasteiger partial charge on any atom is 0.336 e. The molecule has 0 aromatic carbocycles. The summed E-state index contributed by atoms with van der Waals surface area (Å²) in [5.41, 5.74) is -7.11. The summed E-state index contributed by atoms with van der Waals surface area (Å²) in [5.74, 6) is -3.59. The van der Waals surface area contributed by atoms with E-state index in [4.69, 9.17) is 80.5 Å². The summed E-state index contributed by atoms with van der Waals surface area (Å²) < 4.78 is 104. The van der Waals surface area contributed by atoms with Crippen molar-refractivity contribution in [3.05, 3.63) is 36.0 Å². The Hall–Kier alpha value is -3.36. The molecular weight excluding hydrogens is 1700 g/mol. The number of hydrogen-bond donors (Lipinski definition) is 23. The number of carbonyl (C=O) groups is 2. The average molecular weight is 1840 g/mol. The molecule has 5 aliphatic carbocycles. The number of hydrogen-bond acceptors (Lipinski definition) is 42. The minimum absolute atomic E-state index is 0.00649. The van der Waals surface area contributed by atoms with E-state index in [1.165, 1.54) is 39.8 Å². The number of allylic oxidation sites excluding steroid dienone is 3. The molecule has 0 amide bonds. The van der Waals surface area contributed by atoms with Crippen molar-refractivity contribution in [2.75, 3.05) is 33.0 Å². The van der Waals surface area contributed by atoms with Gasteiger partial charge in [-0.05, 0) is 132 Å². The first kappa shape index (κ1) is 102. The van der Waals surface area contributed by atoms with Crippen LogP contribution < -0.4 is 0 Å². The standard InChI is InChI=1S/C86H138O42/c1-14-82(10,128-76-64(108)56(100)49(93)33(3)115-76)21-15-16-36(27-87)70(110)121-47-26-86(79(111)127-78-69(59(103)52(96)40(28-88)119-78)126-75-65(109)67(124-72-62(106)55(99)48(92)32(2)114-72)66(35(5)117-75)123-74-61(105)53(97)41(29-89)118-74)38(24-80(47,6)7)37-17-18-44-83(11)22-20-46(81(8,9)43(83)19-23-84(44,12)85(37,13)25-45(86)91)122-73-63(107)57(101)54(98)42(120-73)31-113-77-68(58(102)50(94)34(4)116-77)125-71-60(104)51(95)39(90)30-112-71/h14,16-17,32-35,38-69,71-78,87-109H,1,15,18-31H2,2-13H3/b36-16+/t32-,33-,34-,35+,38+,39-,40-,41+,42-,43+,44-,45-,46+,47+,48-,49-,50+,51+,52-,53-,54-,55+,56+,57+,58+,59+,60-,61-,62-,63-,64-,65-,66+,67+,68-,69-,71+,72+,73+,74+,75+,76+,77-,78+,82-,83+,84-,85-,86-/m1/s1. The van der Waals surface area contributed by atoms with Gasteiger partial charge < -0.3 is 198 Å². The van der Waals surface area contributed by atoms with E-state index in [-0.39, 0.29) is 43.1 Å².